The Balaban J connectivity index is 2.03. The van der Waals surface area contributed by atoms with Gasteiger partial charge in [-0.3, -0.25) is 9.59 Å². The molecule has 0 aromatic carbocycles. The summed E-state index contributed by atoms with van der Waals surface area (Å²) in [6.07, 6.45) is 6.33. The van der Waals surface area contributed by atoms with Gasteiger partial charge in [0, 0.05) is 6.54 Å². The van der Waals surface area contributed by atoms with Gasteiger partial charge in [-0.25, -0.2) is 0 Å². The van der Waals surface area contributed by atoms with Gasteiger partial charge in [-0.15, -0.1) is 0 Å². The normalized spacial score (nSPS) is 27.1. The van der Waals surface area contributed by atoms with Crippen LogP contribution in [0.2, 0.25) is 0 Å². The average molecular weight is 298 g/mol. The molecule has 2 atom stereocenters. The topological polar surface area (TPSA) is 49.4 Å². The molecule has 4 nitrogen and oxygen atoms in total. The summed E-state index contributed by atoms with van der Waals surface area (Å²) in [6, 6.07) is -0.537. The van der Waals surface area contributed by atoms with Crippen LogP contribution in [-0.4, -0.2) is 47.4 Å². The third kappa shape index (κ3) is 3.48. The lowest BCUT2D eigenvalue weighted by Gasteiger charge is -2.41. The van der Waals surface area contributed by atoms with E-state index in [0.717, 1.165) is 38.0 Å². The Kier molecular flexibility index (Phi) is 5.35. The molecule has 0 spiro atoms. The van der Waals surface area contributed by atoms with Crippen LogP contribution in [0.5, 0.6) is 0 Å². The molecule has 0 aromatic heterocycles. The highest BCUT2D eigenvalue weighted by atomic mass is 32.2. The van der Waals surface area contributed by atoms with E-state index < -0.39 is 0 Å². The maximum atomic E-state index is 12.6. The molecule has 20 heavy (non-hydrogen) atoms. The number of nitrogens with one attached hydrogen (secondary N) is 1. The molecule has 114 valence electrons. The first-order valence-electron chi connectivity index (χ1n) is 7.66. The van der Waals surface area contributed by atoms with Crippen molar-refractivity contribution in [2.75, 3.05) is 18.6 Å². The summed E-state index contributed by atoms with van der Waals surface area (Å²) in [5.74, 6) is 1.86. The fourth-order valence-corrected chi connectivity index (χ4v) is 3.44. The Labute approximate surface area is 126 Å². The number of rotatable bonds is 7. The average Bonchev–Trinajstić information content (AvgIpc) is 3.21. The highest BCUT2D eigenvalue weighted by Crippen LogP contribution is 2.35. The van der Waals surface area contributed by atoms with Gasteiger partial charge in [-0.05, 0) is 49.5 Å². The lowest BCUT2D eigenvalue weighted by Crippen LogP contribution is -2.65. The van der Waals surface area contributed by atoms with Crippen molar-refractivity contribution in [2.24, 2.45) is 11.8 Å². The number of unbranched alkanes of at least 4 members (excludes halogenated alkanes) is 1. The minimum Gasteiger partial charge on any atom is -0.342 e. The van der Waals surface area contributed by atoms with Crippen LogP contribution in [-0.2, 0) is 9.59 Å². The van der Waals surface area contributed by atoms with Gasteiger partial charge in [0.1, 0.15) is 12.1 Å². The molecule has 1 saturated heterocycles. The molecule has 0 radical (unpaired) electrons. The van der Waals surface area contributed by atoms with Gasteiger partial charge in [0.05, 0.1) is 0 Å². The van der Waals surface area contributed by atoms with E-state index in [0.29, 0.717) is 5.92 Å². The van der Waals surface area contributed by atoms with E-state index in [4.69, 9.17) is 0 Å². The van der Waals surface area contributed by atoms with Gasteiger partial charge in [0.25, 0.3) is 0 Å². The monoisotopic (exact) mass is 298 g/mol. The van der Waals surface area contributed by atoms with Crippen LogP contribution in [0.15, 0.2) is 0 Å². The summed E-state index contributed by atoms with van der Waals surface area (Å²) < 4.78 is 0. The number of piperazine rings is 1. The minimum atomic E-state index is -0.285. The van der Waals surface area contributed by atoms with Crippen LogP contribution in [0.4, 0.5) is 0 Å². The maximum Gasteiger partial charge on any atom is 0.246 e. The van der Waals surface area contributed by atoms with Crippen molar-refractivity contribution >= 4 is 23.6 Å². The molecular formula is C15H26N2O2S. The summed E-state index contributed by atoms with van der Waals surface area (Å²) >= 11 is 1.83. The third-order valence-corrected chi connectivity index (χ3v) is 4.87. The molecule has 1 heterocycles. The first-order chi connectivity index (χ1) is 9.56. The molecule has 1 aliphatic carbocycles. The Bertz CT molecular complexity index is 369. The molecule has 2 rings (SSSR count). The molecule has 1 aliphatic heterocycles. The SMILES string of the molecule is CSCCCCN1C(=O)C(C2CC2)NC(=O)C1C(C)C. The predicted molar refractivity (Wildman–Crippen MR) is 82.6 cm³/mol. The maximum absolute atomic E-state index is 12.6. The number of hydrogen-bond acceptors (Lipinski definition) is 3. The molecule has 1 N–H and O–H groups in total. The highest BCUT2D eigenvalue weighted by Gasteiger charge is 2.47. The number of thioether (sulfide) groups is 1. The summed E-state index contributed by atoms with van der Waals surface area (Å²) in [5, 5.41) is 2.96. The van der Waals surface area contributed by atoms with Crippen molar-refractivity contribution in [1.82, 2.24) is 10.2 Å². The molecule has 2 aliphatic rings. The van der Waals surface area contributed by atoms with E-state index >= 15 is 0 Å². The van der Waals surface area contributed by atoms with E-state index in [1.807, 2.05) is 30.5 Å². The summed E-state index contributed by atoms with van der Waals surface area (Å²) in [7, 11) is 0. The second kappa shape index (κ2) is 6.83. The standard InChI is InChI=1S/C15H26N2O2S/c1-10(2)13-14(18)16-12(11-6-7-11)15(19)17(13)8-4-5-9-20-3/h10-13H,4-9H2,1-3H3,(H,16,18). The number of amides is 2. The Morgan fingerprint density at radius 3 is 2.55 bits per heavy atom. The summed E-state index contributed by atoms with van der Waals surface area (Å²) in [5.41, 5.74) is 0. The van der Waals surface area contributed by atoms with E-state index in [2.05, 4.69) is 11.6 Å². The lowest BCUT2D eigenvalue weighted by molar-refractivity contribution is -0.151. The number of carbonyl (C=O) groups is 2. The lowest BCUT2D eigenvalue weighted by atomic mass is 9.95. The number of hydrogen-bond donors (Lipinski definition) is 1. The molecule has 0 bridgehead atoms. The van der Waals surface area contributed by atoms with Gasteiger partial charge in [0.15, 0.2) is 0 Å². The largest absolute Gasteiger partial charge is 0.342 e. The molecule has 2 fully saturated rings. The highest BCUT2D eigenvalue weighted by molar-refractivity contribution is 7.98. The summed E-state index contributed by atoms with van der Waals surface area (Å²) in [6.45, 7) is 4.76. The third-order valence-electron chi connectivity index (χ3n) is 4.17. The van der Waals surface area contributed by atoms with Crippen molar-refractivity contribution in [3.8, 4) is 0 Å². The molecule has 5 heteroatoms. The van der Waals surface area contributed by atoms with Crippen molar-refractivity contribution in [1.29, 1.82) is 0 Å². The van der Waals surface area contributed by atoms with Gasteiger partial charge < -0.3 is 10.2 Å². The first kappa shape index (κ1) is 15.7. The van der Waals surface area contributed by atoms with Crippen molar-refractivity contribution < 1.29 is 9.59 Å². The fraction of sp³-hybridized carbons (Fsp3) is 0.867. The van der Waals surface area contributed by atoms with E-state index in [1.54, 1.807) is 0 Å². The zero-order valence-electron chi connectivity index (χ0n) is 12.7. The number of carbonyl (C=O) groups excluding carboxylic acids is 2. The van der Waals surface area contributed by atoms with Gasteiger partial charge in [0.2, 0.25) is 11.8 Å². The fourth-order valence-electron chi connectivity index (χ4n) is 2.95. The van der Waals surface area contributed by atoms with Crippen molar-refractivity contribution in [3.63, 3.8) is 0 Å². The zero-order chi connectivity index (χ0) is 14.7. The van der Waals surface area contributed by atoms with Crippen LogP contribution >= 0.6 is 11.8 Å². The number of nitrogens with zero attached hydrogens (tertiary/aromatic N) is 1. The molecule has 0 aromatic rings. The Morgan fingerprint density at radius 2 is 2.00 bits per heavy atom. The van der Waals surface area contributed by atoms with Crippen molar-refractivity contribution in [3.05, 3.63) is 0 Å². The molecule has 2 amide bonds. The van der Waals surface area contributed by atoms with Gasteiger partial charge >= 0.3 is 0 Å². The van der Waals surface area contributed by atoms with E-state index in [1.165, 1.54) is 0 Å². The minimum absolute atomic E-state index is 0.0429. The van der Waals surface area contributed by atoms with Crippen LogP contribution in [0.1, 0.15) is 39.5 Å². The van der Waals surface area contributed by atoms with E-state index in [9.17, 15) is 9.59 Å². The second-order valence-corrected chi connectivity index (χ2v) is 7.23. The van der Waals surface area contributed by atoms with Crippen LogP contribution in [0.25, 0.3) is 0 Å². The molecule has 1 saturated carbocycles. The smallest absolute Gasteiger partial charge is 0.246 e. The van der Waals surface area contributed by atoms with Crippen LogP contribution in [0, 0.1) is 11.8 Å². The predicted octanol–water partition coefficient (Wildman–Crippen LogP) is 1.89. The van der Waals surface area contributed by atoms with Crippen LogP contribution < -0.4 is 5.32 Å². The van der Waals surface area contributed by atoms with Crippen molar-refractivity contribution in [2.45, 2.75) is 51.6 Å². The van der Waals surface area contributed by atoms with E-state index in [-0.39, 0.29) is 29.8 Å². The first-order valence-corrected chi connectivity index (χ1v) is 9.05. The van der Waals surface area contributed by atoms with Gasteiger partial charge in [-0.1, -0.05) is 13.8 Å². The Hall–Kier alpha value is -0.710. The quantitative estimate of drug-likeness (QED) is 0.730. The summed E-state index contributed by atoms with van der Waals surface area (Å²) in [4.78, 5) is 26.8. The van der Waals surface area contributed by atoms with Gasteiger partial charge in [-0.2, -0.15) is 11.8 Å². The van der Waals surface area contributed by atoms with Crippen LogP contribution in [0.3, 0.4) is 0 Å². The molecule has 2 unspecified atom stereocenters. The molecular weight excluding hydrogens is 272 g/mol. The zero-order valence-corrected chi connectivity index (χ0v) is 13.5. The second-order valence-electron chi connectivity index (χ2n) is 6.24. The Morgan fingerprint density at radius 1 is 1.30 bits per heavy atom.